The van der Waals surface area contributed by atoms with Crippen LogP contribution in [0.4, 0.5) is 11.6 Å². The second-order valence-electron chi connectivity index (χ2n) is 12.3. The highest BCUT2D eigenvalue weighted by Gasteiger charge is 2.18. The lowest BCUT2D eigenvalue weighted by atomic mass is 10.1. The van der Waals surface area contributed by atoms with Gasteiger partial charge in [-0.25, -0.2) is 9.97 Å². The summed E-state index contributed by atoms with van der Waals surface area (Å²) in [6.07, 6.45) is 3.46. The molecule has 2 heterocycles. The highest BCUT2D eigenvalue weighted by Crippen LogP contribution is 2.22. The average Bonchev–Trinajstić information content (AvgIpc) is 3.05. The van der Waals surface area contributed by atoms with E-state index >= 15 is 0 Å². The van der Waals surface area contributed by atoms with Crippen molar-refractivity contribution in [1.29, 1.82) is 0 Å². The molecule has 1 aromatic heterocycles. The van der Waals surface area contributed by atoms with Gasteiger partial charge in [0.2, 0.25) is 5.95 Å². The van der Waals surface area contributed by atoms with E-state index in [4.69, 9.17) is 9.47 Å². The normalized spacial score (nSPS) is 14.2. The molecule has 11 nitrogen and oxygen atoms in total. The molecule has 3 aromatic rings. The molecule has 0 bridgehead atoms. The summed E-state index contributed by atoms with van der Waals surface area (Å²) in [5.74, 6) is 0.484. The lowest BCUT2D eigenvalue weighted by Gasteiger charge is -2.35. The summed E-state index contributed by atoms with van der Waals surface area (Å²) in [6, 6.07) is 14.8. The number of carbonyl (C=O) groups excluding carboxylic acids is 2. The van der Waals surface area contributed by atoms with Crippen molar-refractivity contribution in [3.05, 3.63) is 66.5 Å². The number of hydrogen-bond acceptors (Lipinski definition) is 10. The number of anilines is 2. The Morgan fingerprint density at radius 1 is 0.848 bits per heavy atom. The van der Waals surface area contributed by atoms with Crippen molar-refractivity contribution >= 4 is 23.5 Å². The van der Waals surface area contributed by atoms with Gasteiger partial charge in [-0.15, -0.1) is 0 Å². The number of ether oxygens (including phenoxy) is 2. The number of nitrogens with one attached hydrogen (secondary N) is 2. The van der Waals surface area contributed by atoms with E-state index in [-0.39, 0.29) is 12.5 Å². The van der Waals surface area contributed by atoms with E-state index in [0.717, 1.165) is 81.5 Å². The van der Waals surface area contributed by atoms with Crippen molar-refractivity contribution in [2.24, 2.45) is 0 Å². The van der Waals surface area contributed by atoms with Crippen molar-refractivity contribution in [2.75, 3.05) is 77.4 Å². The number of benzene rings is 2. The van der Waals surface area contributed by atoms with Gasteiger partial charge in [-0.3, -0.25) is 19.4 Å². The smallest absolute Gasteiger partial charge is 0.325 e. The first-order valence-electron chi connectivity index (χ1n) is 16.2. The van der Waals surface area contributed by atoms with Gasteiger partial charge in [0.15, 0.2) is 0 Å². The van der Waals surface area contributed by atoms with E-state index in [9.17, 15) is 9.59 Å². The fourth-order valence-electron chi connectivity index (χ4n) is 5.10. The fourth-order valence-corrected chi connectivity index (χ4v) is 5.10. The molecule has 0 unspecified atom stereocenters. The van der Waals surface area contributed by atoms with E-state index in [1.807, 2.05) is 36.4 Å². The third-order valence-electron chi connectivity index (χ3n) is 7.82. The first-order valence-corrected chi connectivity index (χ1v) is 16.2. The molecule has 1 amide bonds. The lowest BCUT2D eigenvalue weighted by Crippen LogP contribution is -2.49. The molecule has 0 aliphatic carbocycles. The molecule has 4 rings (SSSR count). The van der Waals surface area contributed by atoms with Gasteiger partial charge in [-0.1, -0.05) is 26.0 Å². The van der Waals surface area contributed by atoms with Gasteiger partial charge in [0.05, 0.1) is 0 Å². The highest BCUT2D eigenvalue weighted by molar-refractivity contribution is 5.96. The second kappa shape index (κ2) is 17.0. The minimum Gasteiger partial charge on any atom is -0.492 e. The molecule has 11 heteroatoms. The Labute approximate surface area is 273 Å². The molecule has 0 saturated carbocycles. The number of likely N-dealkylation sites (N-methyl/N-ethyl adjacent to an activating group) is 1. The summed E-state index contributed by atoms with van der Waals surface area (Å²) < 4.78 is 11.2. The third-order valence-corrected chi connectivity index (χ3v) is 7.82. The van der Waals surface area contributed by atoms with Crippen LogP contribution < -0.4 is 15.4 Å². The maximum absolute atomic E-state index is 12.4. The molecule has 1 aliphatic heterocycles. The molecule has 2 aromatic carbocycles. The largest absolute Gasteiger partial charge is 0.492 e. The van der Waals surface area contributed by atoms with Crippen LogP contribution in [0, 0.1) is 0 Å². The summed E-state index contributed by atoms with van der Waals surface area (Å²) in [4.78, 5) is 40.7. The summed E-state index contributed by atoms with van der Waals surface area (Å²) in [7, 11) is 0. The number of aromatic nitrogens is 2. The zero-order chi connectivity index (χ0) is 32.9. The standard InChI is InChI=1S/C35H49N7O4/c1-6-40(7-2)16-17-41-18-20-42(21-19-41)22-23-45-31-14-12-30(13-15-31)39-34-37-24-29(25-38-34)27-8-10-28(11-9-27)33(44)36-26-32(43)46-35(3,4)5/h8-15,24-25H,6-7,16-23,26H2,1-5H3,(H,36,44)(H,37,38,39). The molecule has 248 valence electrons. The minimum atomic E-state index is -0.599. The number of rotatable bonds is 15. The number of nitrogens with zero attached hydrogens (tertiary/aromatic N) is 5. The van der Waals surface area contributed by atoms with Gasteiger partial charge >= 0.3 is 5.97 Å². The van der Waals surface area contributed by atoms with Crippen LogP contribution >= 0.6 is 0 Å². The molecule has 0 spiro atoms. The topological polar surface area (TPSA) is 112 Å². The van der Waals surface area contributed by atoms with Crippen LogP contribution in [0.1, 0.15) is 45.0 Å². The molecule has 46 heavy (non-hydrogen) atoms. The maximum atomic E-state index is 12.4. The summed E-state index contributed by atoms with van der Waals surface area (Å²) in [5, 5.41) is 5.81. The van der Waals surface area contributed by atoms with Crippen molar-refractivity contribution in [2.45, 2.75) is 40.2 Å². The zero-order valence-corrected chi connectivity index (χ0v) is 27.9. The first-order chi connectivity index (χ1) is 22.1. The van der Waals surface area contributed by atoms with E-state index < -0.39 is 11.6 Å². The first kappa shape index (κ1) is 34.8. The Kier molecular flexibility index (Phi) is 12.9. The molecule has 1 aliphatic rings. The van der Waals surface area contributed by atoms with Crippen LogP contribution in [0.15, 0.2) is 60.9 Å². The summed E-state index contributed by atoms with van der Waals surface area (Å²) in [5.41, 5.74) is 2.39. The monoisotopic (exact) mass is 631 g/mol. The van der Waals surface area contributed by atoms with E-state index in [1.165, 1.54) is 0 Å². The van der Waals surface area contributed by atoms with Crippen molar-refractivity contribution in [1.82, 2.24) is 30.0 Å². The Morgan fingerprint density at radius 2 is 1.46 bits per heavy atom. The Hall–Kier alpha value is -4.06. The Bertz CT molecular complexity index is 1360. The summed E-state index contributed by atoms with van der Waals surface area (Å²) >= 11 is 0. The van der Waals surface area contributed by atoms with Gasteiger partial charge in [-0.2, -0.15) is 0 Å². The quantitative estimate of drug-likeness (QED) is 0.236. The third kappa shape index (κ3) is 11.4. The van der Waals surface area contributed by atoms with Crippen LogP contribution in [0.3, 0.4) is 0 Å². The summed E-state index contributed by atoms with van der Waals surface area (Å²) in [6.45, 7) is 20.2. The van der Waals surface area contributed by atoms with Crippen molar-refractivity contribution in [3.8, 4) is 16.9 Å². The van der Waals surface area contributed by atoms with Crippen molar-refractivity contribution in [3.63, 3.8) is 0 Å². The second-order valence-corrected chi connectivity index (χ2v) is 12.3. The number of hydrogen-bond donors (Lipinski definition) is 2. The number of esters is 1. The molecule has 2 N–H and O–H groups in total. The molecule has 1 fully saturated rings. The van der Waals surface area contributed by atoms with Gasteiger partial charge in [0, 0.05) is 75.0 Å². The molecule has 0 atom stereocenters. The highest BCUT2D eigenvalue weighted by atomic mass is 16.6. The predicted octanol–water partition coefficient (Wildman–Crippen LogP) is 4.30. The Morgan fingerprint density at radius 3 is 2.04 bits per heavy atom. The zero-order valence-electron chi connectivity index (χ0n) is 27.9. The van der Waals surface area contributed by atoms with Crippen LogP contribution in [-0.2, 0) is 9.53 Å². The van der Waals surface area contributed by atoms with Crippen molar-refractivity contribution < 1.29 is 19.1 Å². The fraction of sp³-hybridized carbons (Fsp3) is 0.486. The van der Waals surface area contributed by atoms with Gasteiger partial charge in [0.1, 0.15) is 24.5 Å². The maximum Gasteiger partial charge on any atom is 0.325 e. The van der Waals surface area contributed by atoms with Crippen LogP contribution in [0.2, 0.25) is 0 Å². The van der Waals surface area contributed by atoms with Gasteiger partial charge in [-0.05, 0) is 75.8 Å². The molecule has 0 radical (unpaired) electrons. The van der Waals surface area contributed by atoms with E-state index in [1.54, 1.807) is 45.3 Å². The number of amides is 1. The SMILES string of the molecule is CCN(CC)CCN1CCN(CCOc2ccc(Nc3ncc(-c4ccc(C(=O)NCC(=O)OC(C)(C)C)cc4)cn3)cc2)CC1. The van der Waals surface area contributed by atoms with Crippen LogP contribution in [0.25, 0.3) is 11.1 Å². The number of piperazine rings is 1. The van der Waals surface area contributed by atoms with E-state index in [0.29, 0.717) is 18.1 Å². The molecular weight excluding hydrogens is 582 g/mol. The van der Waals surface area contributed by atoms with E-state index in [2.05, 4.69) is 49.1 Å². The minimum absolute atomic E-state index is 0.189. The predicted molar refractivity (Wildman–Crippen MR) is 182 cm³/mol. The van der Waals surface area contributed by atoms with Crippen LogP contribution in [0.5, 0.6) is 5.75 Å². The van der Waals surface area contributed by atoms with Crippen LogP contribution in [-0.4, -0.2) is 114 Å². The average molecular weight is 632 g/mol. The molecular formula is C35H49N7O4. The number of carbonyl (C=O) groups is 2. The Balaban J connectivity index is 1.16. The molecule has 1 saturated heterocycles. The van der Waals surface area contributed by atoms with Gasteiger partial charge in [0.25, 0.3) is 5.91 Å². The lowest BCUT2D eigenvalue weighted by molar-refractivity contribution is -0.153. The van der Waals surface area contributed by atoms with Gasteiger partial charge < -0.3 is 25.0 Å².